The Morgan fingerprint density at radius 1 is 1.29 bits per heavy atom. The van der Waals surface area contributed by atoms with E-state index in [1.165, 1.54) is 29.3 Å². The quantitative estimate of drug-likeness (QED) is 0.770. The van der Waals surface area contributed by atoms with Gasteiger partial charge in [-0.3, -0.25) is 0 Å². The summed E-state index contributed by atoms with van der Waals surface area (Å²) < 4.78 is 1.22. The highest BCUT2D eigenvalue weighted by molar-refractivity contribution is 9.10. The first kappa shape index (κ1) is 10.7. The predicted molar refractivity (Wildman–Crippen MR) is 63.9 cm³/mol. The van der Waals surface area contributed by atoms with Crippen molar-refractivity contribution in [2.75, 3.05) is 0 Å². The summed E-state index contributed by atoms with van der Waals surface area (Å²) in [5, 5.41) is 14.1. The van der Waals surface area contributed by atoms with Crippen molar-refractivity contribution in [3.63, 3.8) is 0 Å². The van der Waals surface area contributed by atoms with Gasteiger partial charge in [0.1, 0.15) is 0 Å². The average molecular weight is 275 g/mol. The minimum Gasteiger partial charge on any atom is -0.393 e. The number of thiophene rings is 1. The van der Waals surface area contributed by atoms with E-state index >= 15 is 0 Å². The minimum absolute atomic E-state index is 0.0886. The zero-order chi connectivity index (χ0) is 9.97. The molecule has 0 radical (unpaired) electrons. The summed E-state index contributed by atoms with van der Waals surface area (Å²) in [6.07, 6.45) is 5.50. The van der Waals surface area contributed by atoms with Gasteiger partial charge in [0.25, 0.3) is 0 Å². The molecule has 2 rings (SSSR count). The fourth-order valence-corrected chi connectivity index (χ4v) is 3.90. The first-order valence-electron chi connectivity index (χ1n) is 5.17. The first-order chi connectivity index (χ1) is 6.77. The fraction of sp³-hybridized carbons (Fsp3) is 0.636. The third kappa shape index (κ3) is 2.38. The summed E-state index contributed by atoms with van der Waals surface area (Å²) in [6, 6.07) is 0. The van der Waals surface area contributed by atoms with Crippen molar-refractivity contribution >= 4 is 27.3 Å². The molecule has 1 aliphatic carbocycles. The smallest absolute Gasteiger partial charge is 0.0546 e. The Balaban J connectivity index is 2.13. The summed E-state index contributed by atoms with van der Waals surface area (Å²) >= 11 is 5.32. The normalized spacial score (nSPS) is 28.7. The molecule has 0 amide bonds. The molecule has 0 bridgehead atoms. The van der Waals surface area contributed by atoms with Gasteiger partial charge in [-0.1, -0.05) is 12.8 Å². The van der Waals surface area contributed by atoms with Gasteiger partial charge in [0, 0.05) is 9.85 Å². The van der Waals surface area contributed by atoms with Crippen molar-refractivity contribution in [2.24, 2.45) is 0 Å². The molecule has 1 nitrogen and oxygen atoms in total. The number of rotatable bonds is 1. The predicted octanol–water partition coefficient (Wildman–Crippen LogP) is 3.92. The SMILES string of the molecule is OC1CCCCC(c2cscc2Br)C1. The largest absolute Gasteiger partial charge is 0.393 e. The second kappa shape index (κ2) is 4.77. The highest BCUT2D eigenvalue weighted by Gasteiger charge is 2.21. The maximum Gasteiger partial charge on any atom is 0.0546 e. The molecule has 0 aromatic carbocycles. The summed E-state index contributed by atoms with van der Waals surface area (Å²) in [6.45, 7) is 0. The van der Waals surface area contributed by atoms with Crippen molar-refractivity contribution in [1.29, 1.82) is 0 Å². The van der Waals surface area contributed by atoms with Crippen LogP contribution in [-0.2, 0) is 0 Å². The van der Waals surface area contributed by atoms with E-state index in [-0.39, 0.29) is 6.10 Å². The lowest BCUT2D eigenvalue weighted by Gasteiger charge is -2.15. The van der Waals surface area contributed by atoms with Gasteiger partial charge < -0.3 is 5.11 Å². The molecule has 1 N–H and O–H groups in total. The highest BCUT2D eigenvalue weighted by Crippen LogP contribution is 2.37. The molecule has 1 fully saturated rings. The Morgan fingerprint density at radius 3 is 2.79 bits per heavy atom. The summed E-state index contributed by atoms with van der Waals surface area (Å²) in [5.74, 6) is 0.563. The Morgan fingerprint density at radius 2 is 2.07 bits per heavy atom. The molecular weight excluding hydrogens is 260 g/mol. The molecule has 78 valence electrons. The zero-order valence-electron chi connectivity index (χ0n) is 8.08. The van der Waals surface area contributed by atoms with Crippen LogP contribution < -0.4 is 0 Å². The average Bonchev–Trinajstić information content (AvgIpc) is 2.45. The maximum absolute atomic E-state index is 9.74. The van der Waals surface area contributed by atoms with Crippen LogP contribution in [-0.4, -0.2) is 11.2 Å². The van der Waals surface area contributed by atoms with Gasteiger partial charge in [0.15, 0.2) is 0 Å². The number of hydrogen-bond acceptors (Lipinski definition) is 2. The van der Waals surface area contributed by atoms with Crippen LogP contribution in [0.1, 0.15) is 43.6 Å². The van der Waals surface area contributed by atoms with E-state index in [1.807, 2.05) is 0 Å². The number of halogens is 1. The summed E-state index contributed by atoms with van der Waals surface area (Å²) in [7, 11) is 0. The lowest BCUT2D eigenvalue weighted by atomic mass is 9.93. The third-order valence-electron chi connectivity index (χ3n) is 2.98. The number of aliphatic hydroxyl groups is 1. The van der Waals surface area contributed by atoms with E-state index in [4.69, 9.17) is 0 Å². The molecule has 1 heterocycles. The summed E-state index contributed by atoms with van der Waals surface area (Å²) in [5.41, 5.74) is 1.40. The molecule has 2 atom stereocenters. The van der Waals surface area contributed by atoms with Crippen LogP contribution in [0, 0.1) is 0 Å². The molecule has 14 heavy (non-hydrogen) atoms. The standard InChI is InChI=1S/C11H15BrOS/c12-11-7-14-6-10(11)8-3-1-2-4-9(13)5-8/h6-9,13H,1-5H2. The van der Waals surface area contributed by atoms with Crippen LogP contribution in [0.4, 0.5) is 0 Å². The van der Waals surface area contributed by atoms with E-state index < -0.39 is 0 Å². The molecule has 3 heteroatoms. The molecule has 1 aromatic rings. The van der Waals surface area contributed by atoms with Gasteiger partial charge >= 0.3 is 0 Å². The van der Waals surface area contributed by atoms with Crippen LogP contribution in [0.15, 0.2) is 15.2 Å². The number of hydrogen-bond donors (Lipinski definition) is 1. The molecule has 0 spiro atoms. The lowest BCUT2D eigenvalue weighted by molar-refractivity contribution is 0.152. The molecule has 2 unspecified atom stereocenters. The number of aliphatic hydroxyl groups excluding tert-OH is 1. The monoisotopic (exact) mass is 274 g/mol. The Kier molecular flexibility index (Phi) is 3.63. The van der Waals surface area contributed by atoms with E-state index in [0.29, 0.717) is 5.92 Å². The molecule has 0 aliphatic heterocycles. The molecule has 1 saturated carbocycles. The molecular formula is C11H15BrOS. The van der Waals surface area contributed by atoms with Crippen molar-refractivity contribution in [3.05, 3.63) is 20.8 Å². The molecule has 1 aliphatic rings. The van der Waals surface area contributed by atoms with Crippen molar-refractivity contribution in [2.45, 2.75) is 44.1 Å². The lowest BCUT2D eigenvalue weighted by Crippen LogP contribution is -2.09. The van der Waals surface area contributed by atoms with Crippen molar-refractivity contribution in [3.8, 4) is 0 Å². The zero-order valence-corrected chi connectivity index (χ0v) is 10.5. The molecule has 0 saturated heterocycles. The fourth-order valence-electron chi connectivity index (χ4n) is 2.20. The van der Waals surface area contributed by atoms with Crippen molar-refractivity contribution in [1.82, 2.24) is 0 Å². The van der Waals surface area contributed by atoms with E-state index in [2.05, 4.69) is 26.7 Å². The van der Waals surface area contributed by atoms with E-state index in [0.717, 1.165) is 12.8 Å². The van der Waals surface area contributed by atoms with Gasteiger partial charge in [-0.25, -0.2) is 0 Å². The highest BCUT2D eigenvalue weighted by atomic mass is 79.9. The van der Waals surface area contributed by atoms with Gasteiger partial charge in [0.2, 0.25) is 0 Å². The van der Waals surface area contributed by atoms with Crippen molar-refractivity contribution < 1.29 is 5.11 Å². The second-order valence-corrected chi connectivity index (χ2v) is 5.64. The topological polar surface area (TPSA) is 20.2 Å². The van der Waals surface area contributed by atoms with Gasteiger partial charge in [0.05, 0.1) is 6.10 Å². The Bertz CT molecular complexity index is 297. The Labute approximate surface area is 97.3 Å². The second-order valence-electron chi connectivity index (χ2n) is 4.05. The van der Waals surface area contributed by atoms with Gasteiger partial charge in [-0.2, -0.15) is 11.3 Å². The van der Waals surface area contributed by atoms with Gasteiger partial charge in [-0.05, 0) is 52.1 Å². The minimum atomic E-state index is -0.0886. The Hall–Kier alpha value is 0.140. The van der Waals surface area contributed by atoms with E-state index in [1.54, 1.807) is 11.3 Å². The van der Waals surface area contributed by atoms with E-state index in [9.17, 15) is 5.11 Å². The molecule has 1 aromatic heterocycles. The van der Waals surface area contributed by atoms with Crippen LogP contribution >= 0.6 is 27.3 Å². The van der Waals surface area contributed by atoms with Crippen LogP contribution in [0.3, 0.4) is 0 Å². The van der Waals surface area contributed by atoms with Gasteiger partial charge in [-0.15, -0.1) is 0 Å². The summed E-state index contributed by atoms with van der Waals surface area (Å²) in [4.78, 5) is 0. The third-order valence-corrected chi connectivity index (χ3v) is 4.73. The first-order valence-corrected chi connectivity index (χ1v) is 6.90. The maximum atomic E-state index is 9.74. The van der Waals surface area contributed by atoms with Crippen LogP contribution in [0.5, 0.6) is 0 Å². The van der Waals surface area contributed by atoms with Crippen LogP contribution in [0.2, 0.25) is 0 Å². The van der Waals surface area contributed by atoms with Crippen LogP contribution in [0.25, 0.3) is 0 Å².